The van der Waals surface area contributed by atoms with E-state index in [0.717, 1.165) is 12.1 Å². The third-order valence-electron chi connectivity index (χ3n) is 4.17. The van der Waals surface area contributed by atoms with Crippen LogP contribution in [0.4, 0.5) is 23.7 Å². The largest absolute Gasteiger partial charge is 0.417 e. The van der Waals surface area contributed by atoms with E-state index < -0.39 is 34.8 Å². The number of hydrogen-bond acceptors (Lipinski definition) is 3. The smallest absolute Gasteiger partial charge is 0.319 e. The number of halogens is 3. The molecule has 0 aliphatic carbocycles. The summed E-state index contributed by atoms with van der Waals surface area (Å²) < 4.78 is 39.5. The van der Waals surface area contributed by atoms with Gasteiger partial charge in [0, 0.05) is 0 Å². The summed E-state index contributed by atoms with van der Waals surface area (Å²) in [5.74, 6) is -0.716. The van der Waals surface area contributed by atoms with E-state index in [-0.39, 0.29) is 5.69 Å². The summed E-state index contributed by atoms with van der Waals surface area (Å²) in [6, 6.07) is 12.4. The Labute approximate surface area is 146 Å². The maximum atomic E-state index is 13.2. The number of nitriles is 1. The van der Waals surface area contributed by atoms with Crippen molar-refractivity contribution in [3.63, 3.8) is 0 Å². The molecule has 1 atom stereocenters. The fourth-order valence-electron chi connectivity index (χ4n) is 2.79. The molecule has 1 saturated heterocycles. The van der Waals surface area contributed by atoms with Crippen molar-refractivity contribution in [2.24, 2.45) is 0 Å². The molecule has 26 heavy (non-hydrogen) atoms. The first-order valence-corrected chi connectivity index (χ1v) is 7.43. The van der Waals surface area contributed by atoms with E-state index in [4.69, 9.17) is 5.26 Å². The molecule has 1 radical (unpaired) electrons. The highest BCUT2D eigenvalue weighted by Gasteiger charge is 2.50. The lowest BCUT2D eigenvalue weighted by Gasteiger charge is -2.22. The maximum Gasteiger partial charge on any atom is 0.417 e. The van der Waals surface area contributed by atoms with Gasteiger partial charge in [0.1, 0.15) is 5.54 Å². The Kier molecular flexibility index (Phi) is 3.95. The van der Waals surface area contributed by atoms with Gasteiger partial charge >= 0.3 is 12.2 Å². The number of rotatable bonds is 2. The molecule has 1 fully saturated rings. The molecule has 0 spiro atoms. The molecule has 8 heteroatoms. The second kappa shape index (κ2) is 5.88. The van der Waals surface area contributed by atoms with Crippen molar-refractivity contribution in [2.45, 2.75) is 18.6 Å². The van der Waals surface area contributed by atoms with Gasteiger partial charge in [0.25, 0.3) is 5.91 Å². The molecule has 1 aliphatic heterocycles. The number of anilines is 1. The van der Waals surface area contributed by atoms with Gasteiger partial charge in [-0.3, -0.25) is 4.79 Å². The molecule has 2 aromatic rings. The Morgan fingerprint density at radius 1 is 1.19 bits per heavy atom. The van der Waals surface area contributed by atoms with Crippen LogP contribution in [0, 0.1) is 17.4 Å². The van der Waals surface area contributed by atoms with Crippen LogP contribution in [0.15, 0.2) is 42.5 Å². The predicted octanol–water partition coefficient (Wildman–Crippen LogP) is 3.35. The first-order chi connectivity index (χ1) is 12.2. The van der Waals surface area contributed by atoms with Crippen LogP contribution in [-0.4, -0.2) is 11.9 Å². The molecule has 0 aromatic heterocycles. The number of amides is 3. The Balaban J connectivity index is 2.07. The first-order valence-electron chi connectivity index (χ1n) is 7.43. The molecule has 5 nitrogen and oxygen atoms in total. The maximum absolute atomic E-state index is 13.2. The summed E-state index contributed by atoms with van der Waals surface area (Å²) in [7, 11) is 0. The van der Waals surface area contributed by atoms with Crippen molar-refractivity contribution >= 4 is 17.6 Å². The Morgan fingerprint density at radius 2 is 1.85 bits per heavy atom. The summed E-state index contributed by atoms with van der Waals surface area (Å²) in [4.78, 5) is 25.8. The van der Waals surface area contributed by atoms with E-state index in [1.54, 1.807) is 24.3 Å². The van der Waals surface area contributed by atoms with Crippen molar-refractivity contribution in [1.29, 1.82) is 5.26 Å². The first kappa shape index (κ1) is 17.5. The predicted molar refractivity (Wildman–Crippen MR) is 84.8 cm³/mol. The second-order valence-corrected chi connectivity index (χ2v) is 5.82. The van der Waals surface area contributed by atoms with Gasteiger partial charge in [-0.05, 0) is 36.8 Å². The van der Waals surface area contributed by atoms with E-state index in [0.29, 0.717) is 16.5 Å². The Hall–Kier alpha value is -3.34. The highest BCUT2D eigenvalue weighted by atomic mass is 19.4. The third-order valence-corrected chi connectivity index (χ3v) is 4.17. The Bertz CT molecular complexity index is 935. The average Bonchev–Trinajstić information content (AvgIpc) is 2.84. The van der Waals surface area contributed by atoms with E-state index in [1.807, 2.05) is 0 Å². The van der Waals surface area contributed by atoms with E-state index in [2.05, 4.69) is 11.4 Å². The van der Waals surface area contributed by atoms with Gasteiger partial charge in [-0.1, -0.05) is 24.3 Å². The minimum absolute atomic E-state index is 0.259. The number of carbonyl (C=O) groups excluding carboxylic acids is 2. The van der Waals surface area contributed by atoms with Crippen molar-refractivity contribution in [2.75, 3.05) is 4.90 Å². The summed E-state index contributed by atoms with van der Waals surface area (Å²) in [5, 5.41) is 11.4. The second-order valence-electron chi connectivity index (χ2n) is 5.82. The number of benzene rings is 2. The summed E-state index contributed by atoms with van der Waals surface area (Å²) >= 11 is 0. The fourth-order valence-corrected chi connectivity index (χ4v) is 2.79. The number of nitrogens with one attached hydrogen (secondary N) is 1. The number of imide groups is 1. The van der Waals surface area contributed by atoms with Crippen LogP contribution in [0.2, 0.25) is 0 Å². The van der Waals surface area contributed by atoms with E-state index >= 15 is 0 Å². The summed E-state index contributed by atoms with van der Waals surface area (Å²) in [6.45, 7) is 1.47. The lowest BCUT2D eigenvalue weighted by molar-refractivity contribution is -0.137. The summed E-state index contributed by atoms with van der Waals surface area (Å²) in [5.41, 5.74) is -3.00. The van der Waals surface area contributed by atoms with Crippen molar-refractivity contribution in [3.8, 4) is 6.07 Å². The number of alkyl halides is 3. The van der Waals surface area contributed by atoms with Crippen molar-refractivity contribution in [3.05, 3.63) is 65.2 Å². The van der Waals surface area contributed by atoms with Gasteiger partial charge in [0.15, 0.2) is 0 Å². The molecular weight excluding hydrogens is 347 g/mol. The number of urea groups is 1. The van der Waals surface area contributed by atoms with E-state index in [1.165, 1.54) is 13.0 Å². The molecule has 1 aliphatic rings. The number of nitrogens with zero attached hydrogens (tertiary/aromatic N) is 2. The zero-order chi connectivity index (χ0) is 19.1. The molecule has 3 amide bonds. The zero-order valence-electron chi connectivity index (χ0n) is 13.4. The lowest BCUT2D eigenvalue weighted by atomic mass is 9.92. The van der Waals surface area contributed by atoms with Crippen LogP contribution >= 0.6 is 0 Å². The topological polar surface area (TPSA) is 73.2 Å². The normalized spacial score (nSPS) is 20.0. The van der Waals surface area contributed by atoms with Crippen molar-refractivity contribution < 1.29 is 22.8 Å². The highest BCUT2D eigenvalue weighted by Crippen LogP contribution is 2.37. The average molecular weight is 358 g/mol. The molecule has 3 rings (SSSR count). The van der Waals surface area contributed by atoms with Gasteiger partial charge < -0.3 is 5.32 Å². The van der Waals surface area contributed by atoms with Crippen LogP contribution in [0.5, 0.6) is 0 Å². The molecule has 0 saturated carbocycles. The molecule has 131 valence electrons. The van der Waals surface area contributed by atoms with Gasteiger partial charge in [-0.15, -0.1) is 0 Å². The monoisotopic (exact) mass is 358 g/mol. The van der Waals surface area contributed by atoms with Gasteiger partial charge in [-0.25, -0.2) is 9.69 Å². The van der Waals surface area contributed by atoms with Gasteiger partial charge in [-0.2, -0.15) is 18.4 Å². The lowest BCUT2D eigenvalue weighted by Crippen LogP contribution is -2.40. The van der Waals surface area contributed by atoms with Crippen LogP contribution in [0.1, 0.15) is 23.6 Å². The standard InChI is InChI=1S/C18H11F3N3O2/c1-17(12-5-3-2-4-6-12)15(25)24(16(26)23-17)13-8-7-11(10-22)14(9-13)18(19,20)21/h3-9H,1H3,(H,23,26). The number of hydrogen-bond donors (Lipinski definition) is 1. The minimum atomic E-state index is -4.79. The molecule has 0 bridgehead atoms. The molecule has 1 heterocycles. The fraction of sp³-hybridized carbons (Fsp3) is 0.167. The zero-order valence-corrected chi connectivity index (χ0v) is 13.4. The highest BCUT2D eigenvalue weighted by molar-refractivity contribution is 6.23. The van der Waals surface area contributed by atoms with Gasteiger partial charge in [0.2, 0.25) is 0 Å². The third kappa shape index (κ3) is 2.67. The van der Waals surface area contributed by atoms with E-state index in [9.17, 15) is 22.8 Å². The van der Waals surface area contributed by atoms with Gasteiger partial charge in [0.05, 0.1) is 22.9 Å². The van der Waals surface area contributed by atoms with Crippen LogP contribution in [0.3, 0.4) is 0 Å². The number of carbonyl (C=O) groups is 2. The van der Waals surface area contributed by atoms with Crippen LogP contribution < -0.4 is 10.2 Å². The Morgan fingerprint density at radius 3 is 2.42 bits per heavy atom. The molecule has 1 unspecified atom stereocenters. The minimum Gasteiger partial charge on any atom is -0.319 e. The van der Waals surface area contributed by atoms with Crippen molar-refractivity contribution in [1.82, 2.24) is 5.32 Å². The quantitative estimate of drug-likeness (QED) is 0.837. The SMILES string of the molecule is CC1(c2cc[c]cc2)NC(=O)N(c2ccc(C#N)c(C(F)(F)F)c2)C1=O. The summed E-state index contributed by atoms with van der Waals surface area (Å²) in [6.07, 6.45) is -4.79. The molecular formula is C18H11F3N3O2. The molecule has 2 aromatic carbocycles. The molecule has 1 N–H and O–H groups in total. The van der Waals surface area contributed by atoms with Crippen LogP contribution in [-0.2, 0) is 16.5 Å². The van der Waals surface area contributed by atoms with Crippen LogP contribution in [0.25, 0.3) is 0 Å².